The number of nitrogens with one attached hydrogen (secondary N) is 1. The van der Waals surface area contributed by atoms with Gasteiger partial charge in [-0.25, -0.2) is 14.2 Å². The number of aromatic nitrogens is 4. The number of hydrogen-bond acceptors (Lipinski definition) is 6. The standard InChI is InChI=1S/C19H22FN7O2/c1-11-12(2)27-15-16(24(3)19(29)25(4)17(15)28)22-18(27)26(23-11)10-9-21-14-7-5-13(20)6-8-14/h5-8,12,21H,9-10H2,1-4H3. The lowest BCUT2D eigenvalue weighted by Gasteiger charge is -2.29. The summed E-state index contributed by atoms with van der Waals surface area (Å²) in [6, 6.07) is 5.95. The zero-order valence-corrected chi connectivity index (χ0v) is 16.7. The van der Waals surface area contributed by atoms with Crippen molar-refractivity contribution < 1.29 is 4.39 Å². The number of hydrazone groups is 1. The van der Waals surface area contributed by atoms with Crippen LogP contribution in [0.25, 0.3) is 11.2 Å². The Morgan fingerprint density at radius 2 is 1.83 bits per heavy atom. The van der Waals surface area contributed by atoms with Gasteiger partial charge in [-0.3, -0.25) is 18.5 Å². The average molecular weight is 399 g/mol. The maximum atomic E-state index is 13.1. The molecule has 0 amide bonds. The molecule has 152 valence electrons. The molecule has 1 atom stereocenters. The van der Waals surface area contributed by atoms with Crippen molar-refractivity contribution in [2.24, 2.45) is 19.2 Å². The number of imidazole rings is 1. The highest BCUT2D eigenvalue weighted by atomic mass is 19.1. The Kier molecular flexibility index (Phi) is 4.48. The number of benzene rings is 1. The fourth-order valence-electron chi connectivity index (χ4n) is 3.48. The van der Waals surface area contributed by atoms with Crippen molar-refractivity contribution in [1.82, 2.24) is 18.7 Å². The van der Waals surface area contributed by atoms with E-state index < -0.39 is 5.69 Å². The van der Waals surface area contributed by atoms with E-state index in [9.17, 15) is 14.0 Å². The van der Waals surface area contributed by atoms with Crippen molar-refractivity contribution in [3.8, 4) is 0 Å². The monoisotopic (exact) mass is 399 g/mol. The van der Waals surface area contributed by atoms with Crippen LogP contribution < -0.4 is 21.6 Å². The molecule has 1 aliphatic rings. The summed E-state index contributed by atoms with van der Waals surface area (Å²) in [6.45, 7) is 4.84. The SMILES string of the molecule is CC1=NN(CCNc2ccc(F)cc2)c2nc3c(c(=O)n(C)c(=O)n3C)n2C1C. The Balaban J connectivity index is 1.72. The minimum Gasteiger partial charge on any atom is -0.383 e. The normalized spacial score (nSPS) is 16.1. The van der Waals surface area contributed by atoms with E-state index in [1.165, 1.54) is 23.7 Å². The lowest BCUT2D eigenvalue weighted by Crippen LogP contribution is -2.39. The Morgan fingerprint density at radius 1 is 1.14 bits per heavy atom. The smallest absolute Gasteiger partial charge is 0.332 e. The van der Waals surface area contributed by atoms with Gasteiger partial charge < -0.3 is 5.32 Å². The molecule has 1 aliphatic heterocycles. The zero-order valence-electron chi connectivity index (χ0n) is 16.7. The molecule has 3 aromatic rings. The number of hydrogen-bond donors (Lipinski definition) is 1. The Labute approximate surface area is 165 Å². The van der Waals surface area contributed by atoms with E-state index in [0.29, 0.717) is 30.2 Å². The topological polar surface area (TPSA) is 89.5 Å². The van der Waals surface area contributed by atoms with Gasteiger partial charge >= 0.3 is 5.69 Å². The van der Waals surface area contributed by atoms with E-state index in [1.54, 1.807) is 24.2 Å². The molecule has 1 N–H and O–H groups in total. The minimum atomic E-state index is -0.423. The highest BCUT2D eigenvalue weighted by molar-refractivity contribution is 5.91. The van der Waals surface area contributed by atoms with E-state index in [-0.39, 0.29) is 17.4 Å². The van der Waals surface area contributed by atoms with Gasteiger partial charge in [-0.2, -0.15) is 10.1 Å². The van der Waals surface area contributed by atoms with Gasteiger partial charge in [-0.15, -0.1) is 0 Å². The molecule has 0 spiro atoms. The van der Waals surface area contributed by atoms with Crippen molar-refractivity contribution in [2.45, 2.75) is 19.9 Å². The average Bonchev–Trinajstić information content (AvgIpc) is 3.11. The van der Waals surface area contributed by atoms with Crippen LogP contribution in [0.1, 0.15) is 19.9 Å². The highest BCUT2D eigenvalue weighted by Gasteiger charge is 2.30. The van der Waals surface area contributed by atoms with E-state index in [1.807, 2.05) is 18.4 Å². The van der Waals surface area contributed by atoms with Crippen LogP contribution in [0.5, 0.6) is 0 Å². The summed E-state index contributed by atoms with van der Waals surface area (Å²) in [6.07, 6.45) is 0. The number of anilines is 2. The molecule has 0 bridgehead atoms. The second-order valence-electron chi connectivity index (χ2n) is 7.13. The number of aryl methyl sites for hydroxylation is 1. The predicted molar refractivity (Wildman–Crippen MR) is 110 cm³/mol. The number of fused-ring (bicyclic) bond motifs is 3. The first-order valence-corrected chi connectivity index (χ1v) is 9.29. The van der Waals surface area contributed by atoms with Crippen molar-refractivity contribution in [3.63, 3.8) is 0 Å². The predicted octanol–water partition coefficient (Wildman–Crippen LogP) is 1.44. The molecule has 0 aliphatic carbocycles. The van der Waals surface area contributed by atoms with Gasteiger partial charge in [0.05, 0.1) is 18.3 Å². The first kappa shape index (κ1) is 18.9. The van der Waals surface area contributed by atoms with E-state index in [4.69, 9.17) is 0 Å². The van der Waals surface area contributed by atoms with E-state index in [2.05, 4.69) is 15.4 Å². The summed E-state index contributed by atoms with van der Waals surface area (Å²) in [5.74, 6) is 0.221. The lowest BCUT2D eigenvalue weighted by molar-refractivity contribution is 0.628. The van der Waals surface area contributed by atoms with Gasteiger partial charge in [0, 0.05) is 26.3 Å². The summed E-state index contributed by atoms with van der Waals surface area (Å²) in [7, 11) is 3.06. The molecular weight excluding hydrogens is 377 g/mol. The largest absolute Gasteiger partial charge is 0.383 e. The van der Waals surface area contributed by atoms with E-state index in [0.717, 1.165) is 16.0 Å². The van der Waals surface area contributed by atoms with Crippen molar-refractivity contribution in [3.05, 3.63) is 50.9 Å². The molecule has 4 rings (SSSR count). The number of nitrogens with zero attached hydrogens (tertiary/aromatic N) is 6. The second kappa shape index (κ2) is 6.87. The molecule has 0 radical (unpaired) electrons. The summed E-state index contributed by atoms with van der Waals surface area (Å²) in [5, 5.41) is 9.55. The van der Waals surface area contributed by atoms with Gasteiger partial charge in [-0.05, 0) is 38.1 Å². The molecule has 1 aromatic carbocycles. The highest BCUT2D eigenvalue weighted by Crippen LogP contribution is 2.29. The van der Waals surface area contributed by atoms with Gasteiger partial charge in [0.15, 0.2) is 11.2 Å². The van der Waals surface area contributed by atoms with Crippen LogP contribution >= 0.6 is 0 Å². The summed E-state index contributed by atoms with van der Waals surface area (Å²) in [4.78, 5) is 29.7. The minimum absolute atomic E-state index is 0.165. The number of halogens is 1. The maximum Gasteiger partial charge on any atom is 0.332 e. The first-order valence-electron chi connectivity index (χ1n) is 9.29. The number of rotatable bonds is 4. The van der Waals surface area contributed by atoms with Crippen LogP contribution in [0.3, 0.4) is 0 Å². The van der Waals surface area contributed by atoms with Gasteiger partial charge in [0.25, 0.3) is 5.56 Å². The summed E-state index contributed by atoms with van der Waals surface area (Å²) in [5.41, 5.74) is 1.53. The quantitative estimate of drug-likeness (QED) is 0.717. The molecular formula is C19H22FN7O2. The van der Waals surface area contributed by atoms with Gasteiger partial charge in [0.2, 0.25) is 5.95 Å². The lowest BCUT2D eigenvalue weighted by atomic mass is 10.2. The van der Waals surface area contributed by atoms with E-state index >= 15 is 0 Å². The molecule has 10 heteroatoms. The van der Waals surface area contributed by atoms with Crippen molar-refractivity contribution in [2.75, 3.05) is 23.4 Å². The first-order chi connectivity index (χ1) is 13.8. The summed E-state index contributed by atoms with van der Waals surface area (Å²) >= 11 is 0. The molecule has 1 unspecified atom stereocenters. The fourth-order valence-corrected chi connectivity index (χ4v) is 3.48. The second-order valence-corrected chi connectivity index (χ2v) is 7.13. The Hall–Kier alpha value is -3.43. The maximum absolute atomic E-state index is 13.1. The van der Waals surface area contributed by atoms with Crippen LogP contribution in [0, 0.1) is 5.82 Å². The third-order valence-corrected chi connectivity index (χ3v) is 5.27. The third-order valence-electron chi connectivity index (χ3n) is 5.27. The summed E-state index contributed by atoms with van der Waals surface area (Å²) < 4.78 is 17.3. The zero-order chi connectivity index (χ0) is 20.9. The Bertz CT molecular complexity index is 1240. The molecule has 0 saturated heterocycles. The van der Waals surface area contributed by atoms with Gasteiger partial charge in [0.1, 0.15) is 5.82 Å². The molecule has 29 heavy (non-hydrogen) atoms. The molecule has 0 fully saturated rings. The van der Waals surface area contributed by atoms with Crippen LogP contribution in [-0.2, 0) is 14.1 Å². The molecule has 2 aromatic heterocycles. The van der Waals surface area contributed by atoms with Gasteiger partial charge in [-0.1, -0.05) is 0 Å². The molecule has 9 nitrogen and oxygen atoms in total. The fraction of sp³-hybridized carbons (Fsp3) is 0.368. The Morgan fingerprint density at radius 3 is 2.52 bits per heavy atom. The third kappa shape index (κ3) is 3.00. The van der Waals surface area contributed by atoms with Crippen molar-refractivity contribution in [1.29, 1.82) is 0 Å². The van der Waals surface area contributed by atoms with Crippen LogP contribution in [-0.4, -0.2) is 37.5 Å². The molecule has 0 saturated carbocycles. The van der Waals surface area contributed by atoms with Crippen LogP contribution in [0.4, 0.5) is 16.0 Å². The van der Waals surface area contributed by atoms with Crippen LogP contribution in [0.15, 0.2) is 39.0 Å². The van der Waals surface area contributed by atoms with Crippen molar-refractivity contribution >= 4 is 28.5 Å². The molecule has 3 heterocycles. The van der Waals surface area contributed by atoms with Crippen LogP contribution in [0.2, 0.25) is 0 Å².